The van der Waals surface area contributed by atoms with Crippen molar-refractivity contribution >= 4 is 17.3 Å². The van der Waals surface area contributed by atoms with E-state index < -0.39 is 0 Å². The summed E-state index contributed by atoms with van der Waals surface area (Å²) in [6.07, 6.45) is 6.49. The summed E-state index contributed by atoms with van der Waals surface area (Å²) in [5, 5.41) is 0. The molecular formula is C14H14N4O. The lowest BCUT2D eigenvalue weighted by Crippen LogP contribution is -2.36. The van der Waals surface area contributed by atoms with Crippen LogP contribution in [0.15, 0.2) is 36.8 Å². The van der Waals surface area contributed by atoms with Gasteiger partial charge in [-0.25, -0.2) is 4.98 Å². The highest BCUT2D eigenvalue weighted by molar-refractivity contribution is 6.05. The van der Waals surface area contributed by atoms with Crippen LogP contribution in [0.3, 0.4) is 0 Å². The van der Waals surface area contributed by atoms with Gasteiger partial charge < -0.3 is 10.6 Å². The van der Waals surface area contributed by atoms with Gasteiger partial charge in [-0.2, -0.15) is 0 Å². The lowest BCUT2D eigenvalue weighted by atomic mass is 10.0. The first-order chi connectivity index (χ1) is 9.25. The van der Waals surface area contributed by atoms with Gasteiger partial charge in [0.25, 0.3) is 5.91 Å². The van der Waals surface area contributed by atoms with Crippen molar-refractivity contribution in [1.29, 1.82) is 0 Å². The topological polar surface area (TPSA) is 72.1 Å². The lowest BCUT2D eigenvalue weighted by Gasteiger charge is -2.29. The predicted molar refractivity (Wildman–Crippen MR) is 72.9 cm³/mol. The van der Waals surface area contributed by atoms with Gasteiger partial charge in [-0.15, -0.1) is 0 Å². The zero-order valence-corrected chi connectivity index (χ0v) is 10.4. The summed E-state index contributed by atoms with van der Waals surface area (Å²) in [6, 6.07) is 5.71. The van der Waals surface area contributed by atoms with Crippen molar-refractivity contribution in [2.24, 2.45) is 0 Å². The average Bonchev–Trinajstić information content (AvgIpc) is 2.47. The molecule has 1 aromatic carbocycles. The number of hydrogen-bond donors (Lipinski definition) is 1. The van der Waals surface area contributed by atoms with Crippen molar-refractivity contribution in [2.45, 2.75) is 12.8 Å². The fraction of sp³-hybridized carbons (Fsp3) is 0.214. The largest absolute Gasteiger partial charge is 0.399 e. The highest BCUT2D eigenvalue weighted by atomic mass is 16.2. The second-order valence-corrected chi connectivity index (χ2v) is 4.54. The molecular weight excluding hydrogens is 240 g/mol. The fourth-order valence-corrected chi connectivity index (χ4v) is 2.35. The Kier molecular flexibility index (Phi) is 2.87. The minimum Gasteiger partial charge on any atom is -0.399 e. The van der Waals surface area contributed by atoms with Gasteiger partial charge in [-0.3, -0.25) is 9.78 Å². The number of amides is 1. The minimum absolute atomic E-state index is 0.125. The molecule has 0 fully saturated rings. The minimum atomic E-state index is -0.125. The molecule has 2 aromatic rings. The van der Waals surface area contributed by atoms with Gasteiger partial charge in [0.15, 0.2) is 0 Å². The Bertz CT molecular complexity index is 612. The molecule has 0 atom stereocenters. The number of anilines is 2. The second-order valence-electron chi connectivity index (χ2n) is 4.54. The van der Waals surface area contributed by atoms with Crippen LogP contribution >= 0.6 is 0 Å². The molecule has 1 aliphatic rings. The number of aromatic nitrogens is 2. The summed E-state index contributed by atoms with van der Waals surface area (Å²) in [4.78, 5) is 22.2. The molecule has 0 spiro atoms. The molecule has 2 heterocycles. The lowest BCUT2D eigenvalue weighted by molar-refractivity contribution is 0.0980. The van der Waals surface area contributed by atoms with Gasteiger partial charge in [-0.05, 0) is 30.5 Å². The number of nitrogens with two attached hydrogens (primary N) is 1. The highest BCUT2D eigenvalue weighted by Crippen LogP contribution is 2.29. The van der Waals surface area contributed by atoms with Crippen LogP contribution in [0, 0.1) is 0 Å². The Balaban J connectivity index is 2.00. The van der Waals surface area contributed by atoms with Crippen molar-refractivity contribution in [3.63, 3.8) is 0 Å². The maximum Gasteiger partial charge on any atom is 0.278 e. The number of nitrogens with zero attached hydrogens (tertiary/aromatic N) is 3. The van der Waals surface area contributed by atoms with Gasteiger partial charge >= 0.3 is 0 Å². The van der Waals surface area contributed by atoms with Crippen LogP contribution in [0.1, 0.15) is 22.5 Å². The summed E-state index contributed by atoms with van der Waals surface area (Å²) in [7, 11) is 0. The van der Waals surface area contributed by atoms with Gasteiger partial charge in [0.05, 0.1) is 6.20 Å². The van der Waals surface area contributed by atoms with E-state index in [1.807, 2.05) is 18.2 Å². The number of carbonyl (C=O) groups is 1. The molecule has 0 radical (unpaired) electrons. The van der Waals surface area contributed by atoms with E-state index in [1.54, 1.807) is 11.1 Å². The fourth-order valence-electron chi connectivity index (χ4n) is 2.35. The van der Waals surface area contributed by atoms with E-state index >= 15 is 0 Å². The third-order valence-corrected chi connectivity index (χ3v) is 3.26. The van der Waals surface area contributed by atoms with Gasteiger partial charge in [-0.1, -0.05) is 6.07 Å². The Hall–Kier alpha value is -2.43. The monoisotopic (exact) mass is 254 g/mol. The number of benzene rings is 1. The van der Waals surface area contributed by atoms with E-state index in [-0.39, 0.29) is 5.91 Å². The van der Waals surface area contributed by atoms with E-state index in [2.05, 4.69) is 9.97 Å². The summed E-state index contributed by atoms with van der Waals surface area (Å²) in [5.41, 5.74) is 8.88. The van der Waals surface area contributed by atoms with Crippen molar-refractivity contribution < 1.29 is 4.79 Å². The van der Waals surface area contributed by atoms with Crippen LogP contribution in [0.25, 0.3) is 0 Å². The van der Waals surface area contributed by atoms with Gasteiger partial charge in [0.2, 0.25) is 0 Å². The molecule has 0 bridgehead atoms. The zero-order valence-electron chi connectivity index (χ0n) is 10.4. The summed E-state index contributed by atoms with van der Waals surface area (Å²) >= 11 is 0. The number of fused-ring (bicyclic) bond motifs is 1. The molecule has 19 heavy (non-hydrogen) atoms. The van der Waals surface area contributed by atoms with E-state index in [0.29, 0.717) is 17.9 Å². The molecule has 0 unspecified atom stereocenters. The van der Waals surface area contributed by atoms with Crippen molar-refractivity contribution in [2.75, 3.05) is 17.2 Å². The van der Waals surface area contributed by atoms with E-state index in [9.17, 15) is 4.79 Å². The van der Waals surface area contributed by atoms with Crippen molar-refractivity contribution in [1.82, 2.24) is 9.97 Å². The highest BCUT2D eigenvalue weighted by Gasteiger charge is 2.24. The van der Waals surface area contributed by atoms with Gasteiger partial charge in [0.1, 0.15) is 5.69 Å². The Morgan fingerprint density at radius 2 is 2.21 bits per heavy atom. The van der Waals surface area contributed by atoms with Crippen LogP contribution in [0.4, 0.5) is 11.4 Å². The number of rotatable bonds is 1. The number of nitrogen functional groups attached to an aromatic ring is 1. The first-order valence-corrected chi connectivity index (χ1v) is 6.22. The number of hydrogen-bond acceptors (Lipinski definition) is 4. The maximum atomic E-state index is 12.5. The van der Waals surface area contributed by atoms with Crippen LogP contribution in [-0.2, 0) is 6.42 Å². The summed E-state index contributed by atoms with van der Waals surface area (Å²) < 4.78 is 0. The Morgan fingerprint density at radius 3 is 3.00 bits per heavy atom. The normalized spacial score (nSPS) is 14.0. The molecule has 0 saturated carbocycles. The van der Waals surface area contributed by atoms with Crippen LogP contribution in [-0.4, -0.2) is 22.4 Å². The number of carbonyl (C=O) groups excluding carboxylic acids is 1. The smallest absolute Gasteiger partial charge is 0.278 e. The predicted octanol–water partition coefficient (Wildman–Crippen LogP) is 1.65. The Morgan fingerprint density at radius 1 is 1.32 bits per heavy atom. The molecule has 1 aliphatic heterocycles. The molecule has 0 saturated heterocycles. The van der Waals surface area contributed by atoms with Crippen molar-refractivity contribution in [3.05, 3.63) is 48.0 Å². The third-order valence-electron chi connectivity index (χ3n) is 3.26. The first-order valence-electron chi connectivity index (χ1n) is 6.22. The Labute approximate surface area is 111 Å². The molecule has 96 valence electrons. The molecule has 5 nitrogen and oxygen atoms in total. The molecule has 2 N–H and O–H groups in total. The van der Waals surface area contributed by atoms with Crippen LogP contribution in [0.5, 0.6) is 0 Å². The molecule has 3 rings (SSSR count). The number of aryl methyl sites for hydroxylation is 1. The zero-order chi connectivity index (χ0) is 13.2. The standard InChI is InChI=1S/C14H14N4O/c15-11-4-3-10-2-1-7-18(13(10)8-11)14(19)12-9-16-5-6-17-12/h3-6,8-9H,1-2,7,15H2. The van der Waals surface area contributed by atoms with Gasteiger partial charge in [0, 0.05) is 30.3 Å². The summed E-state index contributed by atoms with van der Waals surface area (Å²) in [5.74, 6) is -0.125. The molecule has 0 aliphatic carbocycles. The molecule has 5 heteroatoms. The quantitative estimate of drug-likeness (QED) is 0.785. The summed E-state index contributed by atoms with van der Waals surface area (Å²) in [6.45, 7) is 0.686. The van der Waals surface area contributed by atoms with Crippen LogP contribution in [0.2, 0.25) is 0 Å². The van der Waals surface area contributed by atoms with Crippen LogP contribution < -0.4 is 10.6 Å². The van der Waals surface area contributed by atoms with E-state index in [1.165, 1.54) is 12.4 Å². The SMILES string of the molecule is Nc1ccc2c(c1)N(C(=O)c1cnccn1)CCC2. The first kappa shape index (κ1) is 11.6. The maximum absolute atomic E-state index is 12.5. The van der Waals surface area contributed by atoms with E-state index in [4.69, 9.17) is 5.73 Å². The molecule has 1 amide bonds. The van der Waals surface area contributed by atoms with Crippen molar-refractivity contribution in [3.8, 4) is 0 Å². The van der Waals surface area contributed by atoms with E-state index in [0.717, 1.165) is 24.1 Å². The third kappa shape index (κ3) is 2.14. The molecule has 1 aromatic heterocycles. The second kappa shape index (κ2) is 4.68. The average molecular weight is 254 g/mol.